The summed E-state index contributed by atoms with van der Waals surface area (Å²) < 4.78 is 6.45. The summed E-state index contributed by atoms with van der Waals surface area (Å²) in [4.78, 5) is 23.9. The van der Waals surface area contributed by atoms with E-state index in [1.165, 1.54) is 6.08 Å². The van der Waals surface area contributed by atoms with Crippen LogP contribution in [0.2, 0.25) is 0 Å². The molecule has 0 unspecified atom stereocenters. The van der Waals surface area contributed by atoms with Gasteiger partial charge in [-0.25, -0.2) is 0 Å². The first-order valence-corrected chi connectivity index (χ1v) is 8.17. The molecular weight excluding hydrogens is 372 g/mol. The largest absolute Gasteiger partial charge is 0.492 e. The first-order chi connectivity index (χ1) is 11.6. The van der Waals surface area contributed by atoms with E-state index >= 15 is 0 Å². The number of halogens is 1. The molecule has 0 spiro atoms. The van der Waals surface area contributed by atoms with Crippen molar-refractivity contribution >= 4 is 39.1 Å². The van der Waals surface area contributed by atoms with E-state index in [9.17, 15) is 9.59 Å². The SMILES string of the molecule is C=CC(=O)Nc1cccc(C(=O)Nc2ccc(Br)c3c2CCO3)c1. The van der Waals surface area contributed by atoms with Crippen LogP contribution in [0.3, 0.4) is 0 Å². The van der Waals surface area contributed by atoms with Crippen LogP contribution in [0, 0.1) is 0 Å². The molecule has 2 amide bonds. The van der Waals surface area contributed by atoms with Gasteiger partial charge in [0.25, 0.3) is 5.91 Å². The molecule has 0 fully saturated rings. The lowest BCUT2D eigenvalue weighted by atomic mass is 10.1. The molecule has 0 aromatic heterocycles. The van der Waals surface area contributed by atoms with E-state index in [1.807, 2.05) is 12.1 Å². The second kappa shape index (κ2) is 6.88. The lowest BCUT2D eigenvalue weighted by molar-refractivity contribution is -0.111. The lowest BCUT2D eigenvalue weighted by Crippen LogP contribution is -2.14. The number of benzene rings is 2. The van der Waals surface area contributed by atoms with Crippen molar-refractivity contribution in [1.82, 2.24) is 0 Å². The lowest BCUT2D eigenvalue weighted by Gasteiger charge is -2.11. The molecule has 6 heteroatoms. The second-order valence-electron chi connectivity index (χ2n) is 5.23. The average Bonchev–Trinajstić information content (AvgIpc) is 3.08. The maximum absolute atomic E-state index is 12.5. The molecule has 5 nitrogen and oxygen atoms in total. The minimum atomic E-state index is -0.324. The summed E-state index contributed by atoms with van der Waals surface area (Å²) in [6, 6.07) is 10.4. The van der Waals surface area contributed by atoms with Crippen molar-refractivity contribution in [2.24, 2.45) is 0 Å². The van der Waals surface area contributed by atoms with E-state index in [-0.39, 0.29) is 11.8 Å². The highest BCUT2D eigenvalue weighted by Crippen LogP contribution is 2.38. The predicted octanol–water partition coefficient (Wildman–Crippen LogP) is 3.76. The Kier molecular flexibility index (Phi) is 4.66. The van der Waals surface area contributed by atoms with Crippen molar-refractivity contribution in [1.29, 1.82) is 0 Å². The fraction of sp³-hybridized carbons (Fsp3) is 0.111. The van der Waals surface area contributed by atoms with E-state index in [4.69, 9.17) is 4.74 Å². The number of anilines is 2. The average molecular weight is 387 g/mol. The molecule has 0 atom stereocenters. The number of ether oxygens (including phenoxy) is 1. The molecule has 24 heavy (non-hydrogen) atoms. The Morgan fingerprint density at radius 1 is 1.21 bits per heavy atom. The molecule has 2 aromatic rings. The molecule has 0 saturated carbocycles. The molecule has 0 radical (unpaired) electrons. The topological polar surface area (TPSA) is 67.4 Å². The summed E-state index contributed by atoms with van der Waals surface area (Å²) in [6.45, 7) is 4.00. The fourth-order valence-electron chi connectivity index (χ4n) is 2.50. The summed E-state index contributed by atoms with van der Waals surface area (Å²) in [5.41, 5.74) is 2.70. The third-order valence-electron chi connectivity index (χ3n) is 3.64. The van der Waals surface area contributed by atoms with Crippen molar-refractivity contribution in [2.45, 2.75) is 6.42 Å². The van der Waals surface area contributed by atoms with Gasteiger partial charge in [0, 0.05) is 28.9 Å². The second-order valence-corrected chi connectivity index (χ2v) is 6.08. The maximum atomic E-state index is 12.5. The summed E-state index contributed by atoms with van der Waals surface area (Å²) >= 11 is 3.45. The summed E-state index contributed by atoms with van der Waals surface area (Å²) in [5, 5.41) is 5.54. The fourth-order valence-corrected chi connectivity index (χ4v) is 2.99. The van der Waals surface area contributed by atoms with Crippen LogP contribution >= 0.6 is 15.9 Å². The van der Waals surface area contributed by atoms with Gasteiger partial charge < -0.3 is 15.4 Å². The van der Waals surface area contributed by atoms with Crippen molar-refractivity contribution in [2.75, 3.05) is 17.2 Å². The van der Waals surface area contributed by atoms with Crippen LogP contribution in [0.25, 0.3) is 0 Å². The van der Waals surface area contributed by atoms with Crippen LogP contribution in [0.4, 0.5) is 11.4 Å². The van der Waals surface area contributed by atoms with Crippen LogP contribution in [-0.2, 0) is 11.2 Å². The van der Waals surface area contributed by atoms with Crippen molar-refractivity contribution in [3.63, 3.8) is 0 Å². The van der Waals surface area contributed by atoms with E-state index in [2.05, 4.69) is 33.1 Å². The van der Waals surface area contributed by atoms with Crippen LogP contribution in [-0.4, -0.2) is 18.4 Å². The zero-order valence-corrected chi connectivity index (χ0v) is 14.4. The van der Waals surface area contributed by atoms with Crippen molar-refractivity contribution in [3.05, 3.63) is 64.7 Å². The van der Waals surface area contributed by atoms with Crippen LogP contribution in [0.15, 0.2) is 53.5 Å². The standard InChI is InChI=1S/C18H15BrN2O3/c1-2-16(22)20-12-5-3-4-11(10-12)18(23)21-15-7-6-14(19)17-13(15)8-9-24-17/h2-7,10H,1,8-9H2,(H,20,22)(H,21,23). The number of amides is 2. The molecule has 122 valence electrons. The number of rotatable bonds is 4. The van der Waals surface area contributed by atoms with Gasteiger partial charge >= 0.3 is 0 Å². The number of nitrogens with one attached hydrogen (secondary N) is 2. The molecule has 2 aromatic carbocycles. The molecule has 1 aliphatic rings. The predicted molar refractivity (Wildman–Crippen MR) is 96.6 cm³/mol. The Labute approximate surface area is 147 Å². The Morgan fingerprint density at radius 2 is 2.04 bits per heavy atom. The quantitative estimate of drug-likeness (QED) is 0.786. The molecule has 2 N–H and O–H groups in total. The Hall–Kier alpha value is -2.60. The highest BCUT2D eigenvalue weighted by Gasteiger charge is 2.20. The molecule has 1 aliphatic heterocycles. The minimum absolute atomic E-state index is 0.249. The summed E-state index contributed by atoms with van der Waals surface area (Å²) in [6.07, 6.45) is 1.93. The number of hydrogen-bond donors (Lipinski definition) is 2. The molecule has 0 saturated heterocycles. The monoisotopic (exact) mass is 386 g/mol. The maximum Gasteiger partial charge on any atom is 0.255 e. The highest BCUT2D eigenvalue weighted by molar-refractivity contribution is 9.10. The van der Waals surface area contributed by atoms with Gasteiger partial charge in [0.05, 0.1) is 11.1 Å². The van der Waals surface area contributed by atoms with E-state index in [1.54, 1.807) is 24.3 Å². The zero-order valence-electron chi connectivity index (χ0n) is 12.8. The molecule has 0 aliphatic carbocycles. The number of hydrogen-bond acceptors (Lipinski definition) is 3. The van der Waals surface area contributed by atoms with Crippen LogP contribution < -0.4 is 15.4 Å². The van der Waals surface area contributed by atoms with E-state index < -0.39 is 0 Å². The Bertz CT molecular complexity index is 833. The van der Waals surface area contributed by atoms with Gasteiger partial charge in [0.1, 0.15) is 5.75 Å². The van der Waals surface area contributed by atoms with E-state index in [0.29, 0.717) is 17.9 Å². The van der Waals surface area contributed by atoms with Gasteiger partial charge in [0.2, 0.25) is 5.91 Å². The van der Waals surface area contributed by atoms with Gasteiger partial charge in [-0.3, -0.25) is 9.59 Å². The zero-order chi connectivity index (χ0) is 17.1. The van der Waals surface area contributed by atoms with Gasteiger partial charge in [-0.15, -0.1) is 0 Å². The first-order valence-electron chi connectivity index (χ1n) is 7.37. The van der Waals surface area contributed by atoms with Crippen molar-refractivity contribution in [3.8, 4) is 5.75 Å². The van der Waals surface area contributed by atoms with Gasteiger partial charge in [0.15, 0.2) is 0 Å². The highest BCUT2D eigenvalue weighted by atomic mass is 79.9. The normalized spacial score (nSPS) is 12.0. The van der Waals surface area contributed by atoms with Crippen molar-refractivity contribution < 1.29 is 14.3 Å². The first kappa shape index (κ1) is 16.3. The van der Waals surface area contributed by atoms with Gasteiger partial charge in [-0.05, 0) is 52.3 Å². The third kappa shape index (κ3) is 3.33. The summed E-state index contributed by atoms with van der Waals surface area (Å²) in [5.74, 6) is 0.205. The number of carbonyl (C=O) groups is 2. The minimum Gasteiger partial charge on any atom is -0.492 e. The molecule has 3 rings (SSSR count). The van der Waals surface area contributed by atoms with Gasteiger partial charge in [-0.1, -0.05) is 12.6 Å². The van der Waals surface area contributed by atoms with Crippen LogP contribution in [0.5, 0.6) is 5.75 Å². The van der Waals surface area contributed by atoms with Crippen LogP contribution in [0.1, 0.15) is 15.9 Å². The molecule has 1 heterocycles. The van der Waals surface area contributed by atoms with E-state index in [0.717, 1.165) is 27.9 Å². The Morgan fingerprint density at radius 3 is 2.83 bits per heavy atom. The Balaban J connectivity index is 1.81. The third-order valence-corrected chi connectivity index (χ3v) is 4.26. The molecule has 0 bridgehead atoms. The van der Waals surface area contributed by atoms with Gasteiger partial charge in [-0.2, -0.15) is 0 Å². The number of carbonyl (C=O) groups excluding carboxylic acids is 2. The number of fused-ring (bicyclic) bond motifs is 1. The smallest absolute Gasteiger partial charge is 0.255 e. The molecular formula is C18H15BrN2O3. The summed E-state index contributed by atoms with van der Waals surface area (Å²) in [7, 11) is 0.